The van der Waals surface area contributed by atoms with Gasteiger partial charge < -0.3 is 19.4 Å². The molecule has 8 heteroatoms. The molecule has 1 amide bonds. The number of fused-ring (bicyclic) bond motifs is 3. The van der Waals surface area contributed by atoms with Crippen LogP contribution in [0.25, 0.3) is 11.0 Å². The van der Waals surface area contributed by atoms with Gasteiger partial charge in [0, 0.05) is 31.3 Å². The van der Waals surface area contributed by atoms with Gasteiger partial charge in [0.15, 0.2) is 12.0 Å². The number of carbonyl (C=O) groups is 1. The van der Waals surface area contributed by atoms with E-state index < -0.39 is 5.91 Å². The Morgan fingerprint density at radius 3 is 2.35 bits per heavy atom. The highest BCUT2D eigenvalue weighted by Crippen LogP contribution is 2.44. The van der Waals surface area contributed by atoms with Crippen LogP contribution in [0.2, 0.25) is 0 Å². The monoisotopic (exact) mass is 508 g/mol. The Balaban J connectivity index is 1.27. The highest BCUT2D eigenvalue weighted by atomic mass is 16.8. The van der Waals surface area contributed by atoms with Crippen LogP contribution >= 0.6 is 0 Å². The van der Waals surface area contributed by atoms with Crippen LogP contribution in [0.3, 0.4) is 0 Å². The smallest absolute Gasteiger partial charge is 0.282 e. The first-order valence-corrected chi connectivity index (χ1v) is 14.3. The number of nitrogens with zero attached hydrogens (tertiary/aromatic N) is 3. The third-order valence-corrected chi connectivity index (χ3v) is 9.20. The summed E-state index contributed by atoms with van der Waals surface area (Å²) >= 11 is 0. The van der Waals surface area contributed by atoms with Crippen LogP contribution in [0.4, 0.5) is 0 Å². The molecular formula is C29H40N4O4. The van der Waals surface area contributed by atoms with Crippen molar-refractivity contribution >= 4 is 16.9 Å². The number of carbonyl (C=O) groups excluding carboxylic acids is 1. The van der Waals surface area contributed by atoms with Crippen LogP contribution in [0.5, 0.6) is 0 Å². The zero-order chi connectivity index (χ0) is 25.5. The molecule has 0 radical (unpaired) electrons. The van der Waals surface area contributed by atoms with Gasteiger partial charge in [-0.1, -0.05) is 44.2 Å². The van der Waals surface area contributed by atoms with Gasteiger partial charge in [0.25, 0.3) is 11.5 Å². The van der Waals surface area contributed by atoms with Gasteiger partial charge in [-0.3, -0.25) is 14.5 Å². The number of epoxide rings is 1. The maximum absolute atomic E-state index is 13.9. The molecule has 37 heavy (non-hydrogen) atoms. The molecule has 1 aromatic carbocycles. The summed E-state index contributed by atoms with van der Waals surface area (Å²) in [5, 5.41) is 2.92. The maximum Gasteiger partial charge on any atom is 0.282 e. The van der Waals surface area contributed by atoms with Gasteiger partial charge >= 0.3 is 0 Å². The second-order valence-corrected chi connectivity index (χ2v) is 11.5. The van der Waals surface area contributed by atoms with Crippen molar-refractivity contribution < 1.29 is 14.3 Å². The van der Waals surface area contributed by atoms with Crippen LogP contribution < -0.4 is 10.9 Å². The summed E-state index contributed by atoms with van der Waals surface area (Å²) in [6.45, 7) is 1.87. The molecule has 6 atom stereocenters. The van der Waals surface area contributed by atoms with Gasteiger partial charge in [-0.05, 0) is 57.6 Å². The van der Waals surface area contributed by atoms with Gasteiger partial charge in [-0.15, -0.1) is 0 Å². The summed E-state index contributed by atoms with van der Waals surface area (Å²) in [4.78, 5) is 34.5. The third-order valence-electron chi connectivity index (χ3n) is 9.20. The van der Waals surface area contributed by atoms with Crippen molar-refractivity contribution in [2.24, 2.45) is 0 Å². The summed E-state index contributed by atoms with van der Waals surface area (Å²) < 4.78 is 12.5. The van der Waals surface area contributed by atoms with Crippen molar-refractivity contribution in [1.29, 1.82) is 0 Å². The lowest BCUT2D eigenvalue weighted by Crippen LogP contribution is -2.50. The number of rotatable bonds is 6. The fourth-order valence-electron chi connectivity index (χ4n) is 7.40. The van der Waals surface area contributed by atoms with Gasteiger partial charge in [-0.2, -0.15) is 0 Å². The van der Waals surface area contributed by atoms with E-state index in [1.807, 2.05) is 35.8 Å². The minimum atomic E-state index is -0.447. The zero-order valence-electron chi connectivity index (χ0n) is 22.1. The van der Waals surface area contributed by atoms with E-state index >= 15 is 0 Å². The number of nitrogens with one attached hydrogen (secondary N) is 1. The zero-order valence-corrected chi connectivity index (χ0v) is 22.1. The summed E-state index contributed by atoms with van der Waals surface area (Å²) in [5.74, 6) is -0.447. The predicted octanol–water partition coefficient (Wildman–Crippen LogP) is 4.17. The minimum absolute atomic E-state index is 0.0324. The molecule has 1 aromatic heterocycles. The summed E-state index contributed by atoms with van der Waals surface area (Å²) in [6, 6.07) is 9.26. The number of aromatic nitrogens is 2. The van der Waals surface area contributed by atoms with E-state index in [-0.39, 0.29) is 35.7 Å². The fraction of sp³-hybridized carbons (Fsp3) is 0.690. The van der Waals surface area contributed by atoms with E-state index in [0.717, 1.165) is 18.4 Å². The lowest BCUT2D eigenvalue weighted by molar-refractivity contribution is 0.0497. The van der Waals surface area contributed by atoms with Gasteiger partial charge in [0.1, 0.15) is 6.10 Å². The Kier molecular flexibility index (Phi) is 7.07. The van der Waals surface area contributed by atoms with Gasteiger partial charge in [0.2, 0.25) is 0 Å². The van der Waals surface area contributed by atoms with E-state index in [1.54, 1.807) is 7.11 Å². The Labute approximate surface area is 218 Å². The van der Waals surface area contributed by atoms with Crippen molar-refractivity contribution in [3.8, 4) is 0 Å². The van der Waals surface area contributed by atoms with Crippen LogP contribution in [-0.2, 0) is 9.47 Å². The molecule has 4 aliphatic rings. The predicted molar refractivity (Wildman–Crippen MR) is 142 cm³/mol. The third kappa shape index (κ3) is 4.84. The fourth-order valence-corrected chi connectivity index (χ4v) is 7.40. The molecule has 4 heterocycles. The maximum atomic E-state index is 13.9. The largest absolute Gasteiger partial charge is 0.353 e. The molecule has 3 aliphatic heterocycles. The number of methoxy groups -OCH3 is 1. The van der Waals surface area contributed by atoms with E-state index in [1.165, 1.54) is 57.8 Å². The average molecular weight is 509 g/mol. The quantitative estimate of drug-likeness (QED) is 0.590. The minimum Gasteiger partial charge on any atom is -0.353 e. The first kappa shape index (κ1) is 25.0. The Hall–Kier alpha value is -2.29. The van der Waals surface area contributed by atoms with E-state index in [0.29, 0.717) is 23.6 Å². The van der Waals surface area contributed by atoms with Crippen molar-refractivity contribution in [2.45, 2.75) is 120 Å². The standard InChI is InChI=1S/C29H40N4O4/c1-18(26-29(36-2)37-26)30-27(34)25-28(35)33(24-13-9-8-12-23(24)31-25)22-16-20-14-15-21(17-22)32(20)19-10-6-4-3-5-7-11-19/h8-9,12-13,18-22,26,29H,3-7,10-11,14-17H2,1-2H3,(H,30,34)/t18?,20-,21+,22?,26?,29?. The molecule has 2 aromatic rings. The lowest BCUT2D eigenvalue weighted by atomic mass is 9.89. The van der Waals surface area contributed by atoms with E-state index in [9.17, 15) is 9.59 Å². The van der Waals surface area contributed by atoms with E-state index in [2.05, 4.69) is 15.2 Å². The average Bonchev–Trinajstić information content (AvgIpc) is 3.62. The number of hydrogen-bond acceptors (Lipinski definition) is 6. The Morgan fingerprint density at radius 2 is 1.68 bits per heavy atom. The molecule has 3 saturated heterocycles. The molecule has 200 valence electrons. The van der Waals surface area contributed by atoms with Crippen LogP contribution in [-0.4, -0.2) is 64.0 Å². The molecule has 1 N–H and O–H groups in total. The molecule has 4 unspecified atom stereocenters. The molecular weight excluding hydrogens is 468 g/mol. The lowest BCUT2D eigenvalue weighted by Gasteiger charge is -2.45. The van der Waals surface area contributed by atoms with Gasteiger partial charge in [0.05, 0.1) is 17.1 Å². The Bertz CT molecular complexity index is 1180. The molecule has 1 aliphatic carbocycles. The second-order valence-electron chi connectivity index (χ2n) is 11.5. The first-order chi connectivity index (χ1) is 18.0. The molecule has 1 saturated carbocycles. The van der Waals surface area contributed by atoms with Crippen molar-refractivity contribution in [3.05, 3.63) is 40.3 Å². The highest BCUT2D eigenvalue weighted by molar-refractivity contribution is 5.94. The van der Waals surface area contributed by atoms with Gasteiger partial charge in [-0.25, -0.2) is 4.98 Å². The molecule has 2 bridgehead atoms. The number of para-hydroxylation sites is 2. The topological polar surface area (TPSA) is 89.0 Å². The van der Waals surface area contributed by atoms with Crippen LogP contribution in [0.15, 0.2) is 29.1 Å². The highest BCUT2D eigenvalue weighted by Gasteiger charge is 2.46. The van der Waals surface area contributed by atoms with E-state index in [4.69, 9.17) is 9.47 Å². The number of piperidine rings is 1. The summed E-state index contributed by atoms with van der Waals surface area (Å²) in [6.07, 6.45) is 13.2. The Morgan fingerprint density at radius 1 is 1.00 bits per heavy atom. The summed E-state index contributed by atoms with van der Waals surface area (Å²) in [7, 11) is 1.58. The normalized spacial score (nSPS) is 31.6. The van der Waals surface area contributed by atoms with Crippen LogP contribution in [0.1, 0.15) is 94.1 Å². The molecule has 4 fully saturated rings. The summed E-state index contributed by atoms with van der Waals surface area (Å²) in [5.41, 5.74) is 1.19. The van der Waals surface area contributed by atoms with Crippen LogP contribution in [0, 0.1) is 0 Å². The second kappa shape index (κ2) is 10.5. The molecule has 8 nitrogen and oxygen atoms in total. The van der Waals surface area contributed by atoms with Crippen molar-refractivity contribution in [3.63, 3.8) is 0 Å². The SMILES string of the molecule is COC1OC1C(C)NC(=O)c1nc2ccccc2n(C2C[C@H]3CC[C@@H](C2)N3C2CCCCCCC2)c1=O. The number of ether oxygens (including phenoxy) is 2. The first-order valence-electron chi connectivity index (χ1n) is 14.3. The van der Waals surface area contributed by atoms with Crippen molar-refractivity contribution in [2.75, 3.05) is 7.11 Å². The van der Waals surface area contributed by atoms with Crippen molar-refractivity contribution in [1.82, 2.24) is 19.8 Å². The number of benzene rings is 1. The number of amides is 1. The molecule has 6 rings (SSSR count). The molecule has 0 spiro atoms. The number of hydrogen-bond donors (Lipinski definition) is 1.